The molecule has 0 atom stereocenters. The number of hydrogen-bond acceptors (Lipinski definition) is 1. The molecule has 0 aromatic carbocycles. The standard InChI is InChI=1S/C8H7ClN2/c1-6-7(9)2-3-8-10-4-5-11(6)8/h2-5H,1H3. The molecule has 2 heterocycles. The Labute approximate surface area is 69.4 Å². The van der Waals surface area contributed by atoms with Crippen LogP contribution in [0.15, 0.2) is 24.5 Å². The molecule has 0 spiro atoms. The average Bonchev–Trinajstić information content (AvgIpc) is 2.45. The van der Waals surface area contributed by atoms with Gasteiger partial charge in [0.25, 0.3) is 0 Å². The minimum Gasteiger partial charge on any atom is -0.303 e. The van der Waals surface area contributed by atoms with Crippen LogP contribution in [0.2, 0.25) is 5.02 Å². The molecule has 2 aromatic rings. The van der Waals surface area contributed by atoms with Gasteiger partial charge in [-0.05, 0) is 19.1 Å². The molecule has 0 aliphatic rings. The van der Waals surface area contributed by atoms with Crippen molar-refractivity contribution in [2.24, 2.45) is 0 Å². The second-order valence-electron chi connectivity index (χ2n) is 2.42. The lowest BCUT2D eigenvalue weighted by atomic mass is 10.4. The summed E-state index contributed by atoms with van der Waals surface area (Å²) in [7, 11) is 0. The molecule has 0 saturated heterocycles. The van der Waals surface area contributed by atoms with Crippen molar-refractivity contribution >= 4 is 17.2 Å². The third-order valence-electron chi connectivity index (χ3n) is 1.76. The van der Waals surface area contributed by atoms with Crippen LogP contribution in [0.3, 0.4) is 0 Å². The number of rotatable bonds is 0. The maximum Gasteiger partial charge on any atom is 0.136 e. The first-order valence-electron chi connectivity index (χ1n) is 3.37. The fraction of sp³-hybridized carbons (Fsp3) is 0.125. The topological polar surface area (TPSA) is 17.3 Å². The van der Waals surface area contributed by atoms with Crippen molar-refractivity contribution in [3.63, 3.8) is 0 Å². The van der Waals surface area contributed by atoms with Gasteiger partial charge < -0.3 is 4.40 Å². The first kappa shape index (κ1) is 6.68. The fourth-order valence-corrected chi connectivity index (χ4v) is 1.26. The molecule has 0 N–H and O–H groups in total. The fourth-order valence-electron chi connectivity index (χ4n) is 1.11. The third-order valence-corrected chi connectivity index (χ3v) is 2.15. The van der Waals surface area contributed by atoms with Crippen LogP contribution in [-0.2, 0) is 0 Å². The zero-order valence-corrected chi connectivity index (χ0v) is 6.84. The van der Waals surface area contributed by atoms with Crippen LogP contribution in [-0.4, -0.2) is 9.38 Å². The average molecular weight is 167 g/mol. The lowest BCUT2D eigenvalue weighted by Crippen LogP contribution is -1.89. The lowest BCUT2D eigenvalue weighted by molar-refractivity contribution is 1.09. The summed E-state index contributed by atoms with van der Waals surface area (Å²) in [5, 5.41) is 0.774. The van der Waals surface area contributed by atoms with Crippen LogP contribution < -0.4 is 0 Å². The van der Waals surface area contributed by atoms with E-state index in [1.807, 2.05) is 29.7 Å². The predicted molar refractivity (Wildman–Crippen MR) is 44.9 cm³/mol. The predicted octanol–water partition coefficient (Wildman–Crippen LogP) is 2.30. The van der Waals surface area contributed by atoms with Crippen molar-refractivity contribution in [3.05, 3.63) is 35.2 Å². The van der Waals surface area contributed by atoms with Crippen LogP contribution in [0, 0.1) is 6.92 Å². The Morgan fingerprint density at radius 1 is 1.45 bits per heavy atom. The summed E-state index contributed by atoms with van der Waals surface area (Å²) in [5.41, 5.74) is 1.97. The van der Waals surface area contributed by atoms with Gasteiger partial charge in [0, 0.05) is 18.1 Å². The van der Waals surface area contributed by atoms with Crippen molar-refractivity contribution in [2.75, 3.05) is 0 Å². The van der Waals surface area contributed by atoms with Crippen molar-refractivity contribution in [3.8, 4) is 0 Å². The zero-order chi connectivity index (χ0) is 7.84. The molecule has 11 heavy (non-hydrogen) atoms. The molecule has 0 saturated carbocycles. The first-order chi connectivity index (χ1) is 5.29. The SMILES string of the molecule is Cc1c(Cl)ccc2nccn12. The van der Waals surface area contributed by atoms with E-state index < -0.39 is 0 Å². The van der Waals surface area contributed by atoms with Gasteiger partial charge in [-0.25, -0.2) is 4.98 Å². The Morgan fingerprint density at radius 2 is 2.27 bits per heavy atom. The molecule has 56 valence electrons. The highest BCUT2D eigenvalue weighted by atomic mass is 35.5. The van der Waals surface area contributed by atoms with Gasteiger partial charge in [0.05, 0.1) is 5.02 Å². The van der Waals surface area contributed by atoms with Gasteiger partial charge in [0.15, 0.2) is 0 Å². The Morgan fingerprint density at radius 3 is 3.09 bits per heavy atom. The highest BCUT2D eigenvalue weighted by Gasteiger charge is 1.99. The second kappa shape index (κ2) is 2.24. The van der Waals surface area contributed by atoms with E-state index in [1.165, 1.54) is 0 Å². The van der Waals surface area contributed by atoms with Gasteiger partial charge in [-0.1, -0.05) is 11.6 Å². The summed E-state index contributed by atoms with van der Waals surface area (Å²) in [6.45, 7) is 1.97. The van der Waals surface area contributed by atoms with Crippen molar-refractivity contribution < 1.29 is 0 Å². The number of halogens is 1. The molecule has 3 heteroatoms. The largest absolute Gasteiger partial charge is 0.303 e. The first-order valence-corrected chi connectivity index (χ1v) is 3.75. The molecule has 0 aliphatic heterocycles. The third kappa shape index (κ3) is 0.906. The molecule has 0 unspecified atom stereocenters. The molecule has 0 radical (unpaired) electrons. The maximum absolute atomic E-state index is 5.90. The molecule has 2 nitrogen and oxygen atoms in total. The maximum atomic E-state index is 5.90. The zero-order valence-electron chi connectivity index (χ0n) is 6.08. The Hall–Kier alpha value is -1.02. The normalized spacial score (nSPS) is 10.7. The Bertz CT molecular complexity index is 392. The molecule has 2 rings (SSSR count). The quantitative estimate of drug-likeness (QED) is 0.587. The molecule has 0 aliphatic carbocycles. The summed E-state index contributed by atoms with van der Waals surface area (Å²) >= 11 is 5.90. The second-order valence-corrected chi connectivity index (χ2v) is 2.83. The van der Waals surface area contributed by atoms with Gasteiger partial charge in [0.1, 0.15) is 5.65 Å². The van der Waals surface area contributed by atoms with Crippen LogP contribution in [0.4, 0.5) is 0 Å². The number of aromatic nitrogens is 2. The summed E-state index contributed by atoms with van der Waals surface area (Å²) in [5.74, 6) is 0. The van der Waals surface area contributed by atoms with E-state index >= 15 is 0 Å². The number of aryl methyl sites for hydroxylation is 1. The molecule has 2 aromatic heterocycles. The molecule has 0 fully saturated rings. The van der Waals surface area contributed by atoms with Crippen LogP contribution in [0.1, 0.15) is 5.69 Å². The number of imidazole rings is 1. The molecule has 0 bridgehead atoms. The summed E-state index contributed by atoms with van der Waals surface area (Å²) < 4.78 is 1.96. The van der Waals surface area contributed by atoms with Crippen molar-refractivity contribution in [1.29, 1.82) is 0 Å². The van der Waals surface area contributed by atoms with E-state index in [-0.39, 0.29) is 0 Å². The van der Waals surface area contributed by atoms with Gasteiger partial charge in [0.2, 0.25) is 0 Å². The Kier molecular flexibility index (Phi) is 1.36. The van der Waals surface area contributed by atoms with Crippen molar-refractivity contribution in [1.82, 2.24) is 9.38 Å². The monoisotopic (exact) mass is 166 g/mol. The van der Waals surface area contributed by atoms with Gasteiger partial charge in [-0.15, -0.1) is 0 Å². The van der Waals surface area contributed by atoms with Crippen LogP contribution in [0.25, 0.3) is 5.65 Å². The lowest BCUT2D eigenvalue weighted by Gasteiger charge is -2.00. The van der Waals surface area contributed by atoms with Gasteiger partial charge in [-0.3, -0.25) is 0 Å². The number of pyridine rings is 1. The van der Waals surface area contributed by atoms with E-state index in [2.05, 4.69) is 4.98 Å². The molecular weight excluding hydrogens is 160 g/mol. The summed E-state index contributed by atoms with van der Waals surface area (Å²) in [4.78, 5) is 4.12. The van der Waals surface area contributed by atoms with Gasteiger partial charge >= 0.3 is 0 Å². The number of hydrogen-bond donors (Lipinski definition) is 0. The minimum atomic E-state index is 0.774. The van der Waals surface area contributed by atoms with E-state index in [4.69, 9.17) is 11.6 Å². The smallest absolute Gasteiger partial charge is 0.136 e. The Balaban J connectivity index is 2.93. The summed E-state index contributed by atoms with van der Waals surface area (Å²) in [6.07, 6.45) is 3.66. The van der Waals surface area contributed by atoms with E-state index in [0.29, 0.717) is 0 Å². The van der Waals surface area contributed by atoms with E-state index in [0.717, 1.165) is 16.4 Å². The molecule has 0 amide bonds. The highest BCUT2D eigenvalue weighted by molar-refractivity contribution is 6.31. The van der Waals surface area contributed by atoms with Crippen LogP contribution >= 0.6 is 11.6 Å². The number of fused-ring (bicyclic) bond motifs is 1. The van der Waals surface area contributed by atoms with Crippen LogP contribution in [0.5, 0.6) is 0 Å². The molecular formula is C8H7ClN2. The number of nitrogens with zero attached hydrogens (tertiary/aromatic N) is 2. The van der Waals surface area contributed by atoms with Crippen molar-refractivity contribution in [2.45, 2.75) is 6.92 Å². The van der Waals surface area contributed by atoms with E-state index in [1.54, 1.807) is 6.20 Å². The van der Waals surface area contributed by atoms with E-state index in [9.17, 15) is 0 Å². The van der Waals surface area contributed by atoms with Gasteiger partial charge in [-0.2, -0.15) is 0 Å². The minimum absolute atomic E-state index is 0.774. The summed E-state index contributed by atoms with van der Waals surface area (Å²) in [6, 6.07) is 3.76. The highest BCUT2D eigenvalue weighted by Crippen LogP contribution is 2.15.